The third-order valence-corrected chi connectivity index (χ3v) is 1.86. The second-order valence-corrected chi connectivity index (χ2v) is 2.57. The Kier molecular flexibility index (Phi) is 2.71. The van der Waals surface area contributed by atoms with Crippen LogP contribution in [0.4, 0.5) is 0 Å². The van der Waals surface area contributed by atoms with E-state index in [1.807, 2.05) is 16.7 Å². The average molecular weight is 160 g/mol. The Morgan fingerprint density at radius 3 is 2.92 bits per heavy atom. The largest absolute Gasteiger partial charge is 0.333 e. The number of hydrogen-bond acceptors (Lipinski definition) is 1. The molecule has 2 heteroatoms. The third-order valence-electron chi connectivity index (χ3n) is 1.86. The van der Waals surface area contributed by atoms with Gasteiger partial charge in [0.2, 0.25) is 0 Å². The molecule has 12 heavy (non-hydrogen) atoms. The molecule has 0 amide bonds. The van der Waals surface area contributed by atoms with Gasteiger partial charge in [-0.05, 0) is 18.6 Å². The van der Waals surface area contributed by atoms with E-state index < -0.39 is 0 Å². The van der Waals surface area contributed by atoms with Crippen LogP contribution in [0, 0.1) is 11.3 Å². The standard InChI is InChI=1S/C10H12N2/c1-3-7-12-9(4-2)5-6-10(12)8-11/h3,5-6H,1,4,7H2,2H3. The fourth-order valence-electron chi connectivity index (χ4n) is 1.26. The van der Waals surface area contributed by atoms with E-state index in [1.54, 1.807) is 6.08 Å². The molecular weight excluding hydrogens is 148 g/mol. The molecule has 0 fully saturated rings. The van der Waals surface area contributed by atoms with E-state index >= 15 is 0 Å². The summed E-state index contributed by atoms with van der Waals surface area (Å²) in [6.45, 7) is 6.46. The number of hydrogen-bond donors (Lipinski definition) is 0. The molecule has 0 unspecified atom stereocenters. The molecule has 0 bridgehead atoms. The minimum absolute atomic E-state index is 0.715. The molecule has 0 aliphatic rings. The van der Waals surface area contributed by atoms with Gasteiger partial charge in [0.05, 0.1) is 0 Å². The van der Waals surface area contributed by atoms with Crippen LogP contribution >= 0.6 is 0 Å². The van der Waals surface area contributed by atoms with Gasteiger partial charge in [-0.3, -0.25) is 0 Å². The van der Waals surface area contributed by atoms with E-state index in [0.717, 1.165) is 13.0 Å². The quantitative estimate of drug-likeness (QED) is 0.622. The molecule has 1 rings (SSSR count). The number of rotatable bonds is 3. The first-order valence-corrected chi connectivity index (χ1v) is 4.02. The number of aryl methyl sites for hydroxylation is 1. The number of nitrogens with zero attached hydrogens (tertiary/aromatic N) is 2. The molecule has 1 aromatic heterocycles. The van der Waals surface area contributed by atoms with E-state index in [4.69, 9.17) is 5.26 Å². The summed E-state index contributed by atoms with van der Waals surface area (Å²) in [5, 5.41) is 8.75. The smallest absolute Gasteiger partial charge is 0.120 e. The first-order valence-electron chi connectivity index (χ1n) is 4.02. The average Bonchev–Trinajstić information content (AvgIpc) is 2.48. The van der Waals surface area contributed by atoms with Crippen LogP contribution in [-0.2, 0) is 13.0 Å². The van der Waals surface area contributed by atoms with Gasteiger partial charge in [-0.15, -0.1) is 6.58 Å². The normalized spacial score (nSPS) is 9.33. The highest BCUT2D eigenvalue weighted by molar-refractivity contribution is 5.27. The van der Waals surface area contributed by atoms with E-state index in [0.29, 0.717) is 5.69 Å². The van der Waals surface area contributed by atoms with Gasteiger partial charge in [0.25, 0.3) is 0 Å². The van der Waals surface area contributed by atoms with E-state index in [1.165, 1.54) is 5.69 Å². The summed E-state index contributed by atoms with van der Waals surface area (Å²) >= 11 is 0. The maximum atomic E-state index is 8.75. The predicted molar refractivity (Wildman–Crippen MR) is 48.7 cm³/mol. The highest BCUT2D eigenvalue weighted by atomic mass is 15.0. The zero-order chi connectivity index (χ0) is 8.97. The molecule has 0 saturated heterocycles. The van der Waals surface area contributed by atoms with Gasteiger partial charge >= 0.3 is 0 Å². The molecule has 0 aromatic carbocycles. The summed E-state index contributed by atoms with van der Waals surface area (Å²) in [4.78, 5) is 0. The van der Waals surface area contributed by atoms with Crippen LogP contribution in [0.15, 0.2) is 24.8 Å². The van der Waals surface area contributed by atoms with Crippen molar-refractivity contribution in [3.05, 3.63) is 36.2 Å². The number of nitriles is 1. The lowest BCUT2D eigenvalue weighted by Gasteiger charge is -2.04. The molecule has 0 aliphatic carbocycles. The zero-order valence-electron chi connectivity index (χ0n) is 7.25. The van der Waals surface area contributed by atoms with Crippen molar-refractivity contribution >= 4 is 0 Å². The number of allylic oxidation sites excluding steroid dienone is 1. The van der Waals surface area contributed by atoms with Crippen molar-refractivity contribution in [1.82, 2.24) is 4.57 Å². The summed E-state index contributed by atoms with van der Waals surface area (Å²) in [5.41, 5.74) is 1.90. The third kappa shape index (κ3) is 1.40. The Labute approximate surface area is 72.7 Å². The molecule has 0 spiro atoms. The van der Waals surface area contributed by atoms with E-state index in [9.17, 15) is 0 Å². The lowest BCUT2D eigenvalue weighted by molar-refractivity contribution is 0.759. The van der Waals surface area contributed by atoms with Crippen LogP contribution in [0.5, 0.6) is 0 Å². The maximum absolute atomic E-state index is 8.75. The number of aromatic nitrogens is 1. The molecule has 1 aromatic rings. The van der Waals surface area contributed by atoms with Crippen molar-refractivity contribution < 1.29 is 0 Å². The van der Waals surface area contributed by atoms with E-state index in [2.05, 4.69) is 19.6 Å². The van der Waals surface area contributed by atoms with Crippen LogP contribution in [0.1, 0.15) is 18.3 Å². The predicted octanol–water partition coefficient (Wildman–Crippen LogP) is 2.11. The van der Waals surface area contributed by atoms with Crippen molar-refractivity contribution in [3.8, 4) is 6.07 Å². The van der Waals surface area contributed by atoms with Gasteiger partial charge in [0.1, 0.15) is 11.8 Å². The molecule has 62 valence electrons. The Morgan fingerprint density at radius 2 is 2.42 bits per heavy atom. The molecule has 0 aliphatic heterocycles. The van der Waals surface area contributed by atoms with Crippen LogP contribution in [0.3, 0.4) is 0 Å². The van der Waals surface area contributed by atoms with Gasteiger partial charge in [-0.1, -0.05) is 13.0 Å². The Morgan fingerprint density at radius 1 is 1.67 bits per heavy atom. The lowest BCUT2D eigenvalue weighted by atomic mass is 10.3. The summed E-state index contributed by atoms with van der Waals surface area (Å²) in [6, 6.07) is 5.99. The first-order chi connectivity index (χ1) is 5.83. The van der Waals surface area contributed by atoms with Gasteiger partial charge < -0.3 is 4.57 Å². The highest BCUT2D eigenvalue weighted by Gasteiger charge is 2.03. The van der Waals surface area contributed by atoms with Gasteiger partial charge in [-0.2, -0.15) is 5.26 Å². The molecule has 2 nitrogen and oxygen atoms in total. The van der Waals surface area contributed by atoms with Gasteiger partial charge in [-0.25, -0.2) is 0 Å². The molecule has 1 heterocycles. The van der Waals surface area contributed by atoms with Crippen LogP contribution in [0.25, 0.3) is 0 Å². The fraction of sp³-hybridized carbons (Fsp3) is 0.300. The van der Waals surface area contributed by atoms with Gasteiger partial charge in [0, 0.05) is 12.2 Å². The molecular formula is C10H12N2. The molecule has 0 radical (unpaired) electrons. The van der Waals surface area contributed by atoms with Crippen molar-refractivity contribution in [2.24, 2.45) is 0 Å². The summed E-state index contributed by atoms with van der Waals surface area (Å²) in [7, 11) is 0. The van der Waals surface area contributed by atoms with Crippen molar-refractivity contribution in [3.63, 3.8) is 0 Å². The monoisotopic (exact) mass is 160 g/mol. The molecule has 0 saturated carbocycles. The summed E-state index contributed by atoms with van der Waals surface area (Å²) in [5.74, 6) is 0. The van der Waals surface area contributed by atoms with Crippen molar-refractivity contribution in [1.29, 1.82) is 5.26 Å². The van der Waals surface area contributed by atoms with Crippen LogP contribution in [0.2, 0.25) is 0 Å². The van der Waals surface area contributed by atoms with Gasteiger partial charge in [0.15, 0.2) is 0 Å². The minimum Gasteiger partial charge on any atom is -0.333 e. The summed E-state index contributed by atoms with van der Waals surface area (Å²) in [6.07, 6.45) is 2.76. The minimum atomic E-state index is 0.715. The van der Waals surface area contributed by atoms with Crippen LogP contribution < -0.4 is 0 Å². The Hall–Kier alpha value is -1.49. The second-order valence-electron chi connectivity index (χ2n) is 2.57. The lowest BCUT2D eigenvalue weighted by Crippen LogP contribution is -2.02. The summed E-state index contributed by atoms with van der Waals surface area (Å²) < 4.78 is 1.98. The van der Waals surface area contributed by atoms with E-state index in [-0.39, 0.29) is 0 Å². The Balaban J connectivity index is 3.09. The fourth-order valence-corrected chi connectivity index (χ4v) is 1.26. The van der Waals surface area contributed by atoms with Crippen LogP contribution in [-0.4, -0.2) is 4.57 Å². The highest BCUT2D eigenvalue weighted by Crippen LogP contribution is 2.08. The molecule has 0 atom stereocenters. The zero-order valence-corrected chi connectivity index (χ0v) is 7.25. The maximum Gasteiger partial charge on any atom is 0.120 e. The molecule has 0 N–H and O–H groups in total. The Bertz CT molecular complexity index is 315. The van der Waals surface area contributed by atoms with Crippen molar-refractivity contribution in [2.45, 2.75) is 19.9 Å². The van der Waals surface area contributed by atoms with Crippen molar-refractivity contribution in [2.75, 3.05) is 0 Å². The SMILES string of the molecule is C=CCn1c(C#N)ccc1CC. The second kappa shape index (κ2) is 3.77. The first kappa shape index (κ1) is 8.61. The topological polar surface area (TPSA) is 28.7 Å².